The summed E-state index contributed by atoms with van der Waals surface area (Å²) in [5.41, 5.74) is 0.821. The van der Waals surface area contributed by atoms with Crippen LogP contribution in [-0.2, 0) is 0 Å². The van der Waals surface area contributed by atoms with Crippen molar-refractivity contribution in [1.29, 1.82) is 0 Å². The minimum absolute atomic E-state index is 0.152. The van der Waals surface area contributed by atoms with Gasteiger partial charge in [-0.05, 0) is 25.5 Å². The molecule has 66 valence electrons. The van der Waals surface area contributed by atoms with Gasteiger partial charge in [0.25, 0.3) is 0 Å². The molecule has 0 bridgehead atoms. The zero-order chi connectivity index (χ0) is 9.14. The molecule has 1 nitrogen and oxygen atoms in total. The number of halogens is 2. The van der Waals surface area contributed by atoms with Gasteiger partial charge in [0.1, 0.15) is 0 Å². The zero-order valence-electron chi connectivity index (χ0n) is 7.03. The highest BCUT2D eigenvalue weighted by atomic mass is 35.5. The molecule has 12 heavy (non-hydrogen) atoms. The molecular weight excluding hydrogens is 179 g/mol. The van der Waals surface area contributed by atoms with Crippen LogP contribution < -0.4 is 4.74 Å². The Morgan fingerprint density at radius 3 is 2.75 bits per heavy atom. The normalized spacial score (nSPS) is 10.0. The molecule has 0 aliphatic heterocycles. The average Bonchev–Trinajstić information content (AvgIpc) is 2.06. The smallest absolute Gasteiger partial charge is 0.173 e. The van der Waals surface area contributed by atoms with E-state index in [0.717, 1.165) is 5.56 Å². The maximum atomic E-state index is 13.0. The molecular formula is C9H10ClFO. The summed E-state index contributed by atoms with van der Waals surface area (Å²) in [6.07, 6.45) is 0. The topological polar surface area (TPSA) is 9.23 Å². The molecule has 0 aliphatic carbocycles. The molecule has 0 aromatic heterocycles. The molecule has 1 aromatic rings. The minimum Gasteiger partial charge on any atom is -0.489 e. The second-order valence-electron chi connectivity index (χ2n) is 2.44. The molecule has 0 spiro atoms. The van der Waals surface area contributed by atoms with E-state index in [9.17, 15) is 4.39 Å². The van der Waals surface area contributed by atoms with Gasteiger partial charge in [-0.25, -0.2) is 4.39 Å². The maximum Gasteiger partial charge on any atom is 0.173 e. The minimum atomic E-state index is -0.410. The van der Waals surface area contributed by atoms with E-state index >= 15 is 0 Å². The predicted octanol–water partition coefficient (Wildman–Crippen LogP) is 3.19. The summed E-state index contributed by atoms with van der Waals surface area (Å²) in [6, 6.07) is 2.98. The second-order valence-corrected chi connectivity index (χ2v) is 2.82. The fourth-order valence-corrected chi connectivity index (χ4v) is 1.12. The largest absolute Gasteiger partial charge is 0.489 e. The Labute approximate surface area is 76.1 Å². The van der Waals surface area contributed by atoms with Crippen LogP contribution in [0.4, 0.5) is 4.39 Å². The fraction of sp³-hybridized carbons (Fsp3) is 0.333. The standard InChI is InChI=1S/C9H10ClFO/c1-3-12-9-7(11)5-4-6(2)8(9)10/h4-5H,3H2,1-2H3. The third-order valence-electron chi connectivity index (χ3n) is 1.53. The summed E-state index contributed by atoms with van der Waals surface area (Å²) in [7, 11) is 0. The van der Waals surface area contributed by atoms with E-state index in [1.54, 1.807) is 13.0 Å². The highest BCUT2D eigenvalue weighted by Gasteiger charge is 2.09. The van der Waals surface area contributed by atoms with Gasteiger partial charge in [0.2, 0.25) is 0 Å². The Hall–Kier alpha value is -0.760. The molecule has 0 unspecified atom stereocenters. The van der Waals surface area contributed by atoms with Crippen LogP contribution in [0.1, 0.15) is 12.5 Å². The second kappa shape index (κ2) is 3.76. The molecule has 0 radical (unpaired) electrons. The van der Waals surface area contributed by atoms with Crippen molar-refractivity contribution < 1.29 is 9.13 Å². The van der Waals surface area contributed by atoms with Crippen LogP contribution in [-0.4, -0.2) is 6.61 Å². The number of hydrogen-bond acceptors (Lipinski definition) is 1. The van der Waals surface area contributed by atoms with Crippen LogP contribution in [0.15, 0.2) is 12.1 Å². The van der Waals surface area contributed by atoms with E-state index < -0.39 is 5.82 Å². The molecule has 0 saturated heterocycles. The molecule has 1 rings (SSSR count). The molecule has 0 saturated carbocycles. The van der Waals surface area contributed by atoms with Gasteiger partial charge in [-0.15, -0.1) is 0 Å². The Kier molecular flexibility index (Phi) is 2.93. The van der Waals surface area contributed by atoms with E-state index in [0.29, 0.717) is 11.6 Å². The number of ether oxygens (including phenoxy) is 1. The van der Waals surface area contributed by atoms with Crippen molar-refractivity contribution in [3.8, 4) is 5.75 Å². The van der Waals surface area contributed by atoms with E-state index in [1.165, 1.54) is 6.07 Å². The van der Waals surface area contributed by atoms with Crippen LogP contribution in [0.3, 0.4) is 0 Å². The monoisotopic (exact) mass is 188 g/mol. The van der Waals surface area contributed by atoms with Crippen molar-refractivity contribution in [2.45, 2.75) is 13.8 Å². The molecule has 0 N–H and O–H groups in total. The number of hydrogen-bond donors (Lipinski definition) is 0. The molecule has 1 aromatic carbocycles. The van der Waals surface area contributed by atoms with E-state index in [4.69, 9.17) is 16.3 Å². The summed E-state index contributed by atoms with van der Waals surface area (Å²) in [4.78, 5) is 0. The van der Waals surface area contributed by atoms with Gasteiger partial charge in [0.15, 0.2) is 11.6 Å². The Morgan fingerprint density at radius 1 is 1.50 bits per heavy atom. The molecule has 0 aliphatic rings. The fourth-order valence-electron chi connectivity index (χ4n) is 0.908. The number of benzene rings is 1. The van der Waals surface area contributed by atoms with Crippen LogP contribution in [0.5, 0.6) is 5.75 Å². The summed E-state index contributed by atoms with van der Waals surface area (Å²) >= 11 is 5.81. The Morgan fingerprint density at radius 2 is 2.17 bits per heavy atom. The maximum absolute atomic E-state index is 13.0. The van der Waals surface area contributed by atoms with Crippen LogP contribution in [0.25, 0.3) is 0 Å². The van der Waals surface area contributed by atoms with E-state index in [1.807, 2.05) is 6.92 Å². The SMILES string of the molecule is CCOc1c(F)ccc(C)c1Cl. The lowest BCUT2D eigenvalue weighted by atomic mass is 10.2. The highest BCUT2D eigenvalue weighted by molar-refractivity contribution is 6.32. The summed E-state index contributed by atoms with van der Waals surface area (Å²) in [6.45, 7) is 4.02. The quantitative estimate of drug-likeness (QED) is 0.693. The van der Waals surface area contributed by atoms with Crippen LogP contribution in [0, 0.1) is 12.7 Å². The average molecular weight is 189 g/mol. The third kappa shape index (κ3) is 1.69. The molecule has 3 heteroatoms. The molecule has 0 heterocycles. The van der Waals surface area contributed by atoms with Crippen LogP contribution in [0.2, 0.25) is 5.02 Å². The highest BCUT2D eigenvalue weighted by Crippen LogP contribution is 2.30. The van der Waals surface area contributed by atoms with Gasteiger partial charge in [-0.2, -0.15) is 0 Å². The number of rotatable bonds is 2. The first-order valence-corrected chi connectivity index (χ1v) is 4.12. The van der Waals surface area contributed by atoms with Gasteiger partial charge in [0, 0.05) is 0 Å². The van der Waals surface area contributed by atoms with Gasteiger partial charge < -0.3 is 4.74 Å². The first kappa shape index (κ1) is 9.33. The van der Waals surface area contributed by atoms with Crippen molar-refractivity contribution in [1.82, 2.24) is 0 Å². The van der Waals surface area contributed by atoms with Crippen LogP contribution >= 0.6 is 11.6 Å². The third-order valence-corrected chi connectivity index (χ3v) is 2.00. The first-order chi connectivity index (χ1) is 5.66. The summed E-state index contributed by atoms with van der Waals surface area (Å²) < 4.78 is 18.0. The van der Waals surface area contributed by atoms with E-state index in [-0.39, 0.29) is 5.75 Å². The zero-order valence-corrected chi connectivity index (χ0v) is 7.78. The van der Waals surface area contributed by atoms with Crippen molar-refractivity contribution in [3.05, 3.63) is 28.5 Å². The van der Waals surface area contributed by atoms with Crippen molar-refractivity contribution in [3.63, 3.8) is 0 Å². The lowest BCUT2D eigenvalue weighted by molar-refractivity contribution is 0.321. The number of aryl methyl sites for hydroxylation is 1. The van der Waals surface area contributed by atoms with Crippen molar-refractivity contribution >= 4 is 11.6 Å². The summed E-state index contributed by atoms with van der Waals surface area (Å²) in [5, 5.41) is 0.358. The van der Waals surface area contributed by atoms with E-state index in [2.05, 4.69) is 0 Å². The summed E-state index contributed by atoms with van der Waals surface area (Å²) in [5.74, 6) is -0.258. The van der Waals surface area contributed by atoms with Crippen molar-refractivity contribution in [2.75, 3.05) is 6.61 Å². The van der Waals surface area contributed by atoms with Crippen molar-refractivity contribution in [2.24, 2.45) is 0 Å². The van der Waals surface area contributed by atoms with Gasteiger partial charge in [-0.1, -0.05) is 17.7 Å². The lowest BCUT2D eigenvalue weighted by Gasteiger charge is -2.07. The van der Waals surface area contributed by atoms with Gasteiger partial charge in [0.05, 0.1) is 11.6 Å². The van der Waals surface area contributed by atoms with Gasteiger partial charge in [-0.3, -0.25) is 0 Å². The first-order valence-electron chi connectivity index (χ1n) is 3.74. The molecule has 0 amide bonds. The van der Waals surface area contributed by atoms with Gasteiger partial charge >= 0.3 is 0 Å². The lowest BCUT2D eigenvalue weighted by Crippen LogP contribution is -1.96. The molecule has 0 fully saturated rings. The Balaban J connectivity index is 3.14. The predicted molar refractivity (Wildman–Crippen MR) is 47.3 cm³/mol. The Bertz CT molecular complexity index is 286. The molecule has 0 atom stereocenters.